The summed E-state index contributed by atoms with van der Waals surface area (Å²) in [5.41, 5.74) is 5.98. The van der Waals surface area contributed by atoms with Crippen molar-refractivity contribution in [3.05, 3.63) is 107 Å². The Hall–Kier alpha value is -5.57. The van der Waals surface area contributed by atoms with Gasteiger partial charge in [0.2, 0.25) is 5.82 Å². The summed E-state index contributed by atoms with van der Waals surface area (Å²) in [5, 5.41) is 29.4. The molecule has 13 nitrogen and oxygen atoms in total. The third-order valence-corrected chi connectivity index (χ3v) is 10.3. The predicted molar refractivity (Wildman–Crippen MR) is 210 cm³/mol. The van der Waals surface area contributed by atoms with Crippen molar-refractivity contribution in [2.45, 2.75) is 52.0 Å². The molecular formula is C40H43N7O6S. The molecule has 2 unspecified atom stereocenters. The second-order valence-corrected chi connectivity index (χ2v) is 14.7. The summed E-state index contributed by atoms with van der Waals surface area (Å²) >= 11 is -1.81. The molecule has 7 rings (SSSR count). The molecule has 280 valence electrons. The van der Waals surface area contributed by atoms with E-state index in [1.54, 1.807) is 31.4 Å². The van der Waals surface area contributed by atoms with Gasteiger partial charge in [-0.05, 0) is 118 Å². The van der Waals surface area contributed by atoms with E-state index in [0.717, 1.165) is 28.8 Å². The third kappa shape index (κ3) is 7.58. The summed E-state index contributed by atoms with van der Waals surface area (Å²) in [6.07, 6.45) is 1.38. The summed E-state index contributed by atoms with van der Waals surface area (Å²) in [7, 11) is 1.57. The Kier molecular flexibility index (Phi) is 10.5. The lowest BCUT2D eigenvalue weighted by Gasteiger charge is -2.48. The van der Waals surface area contributed by atoms with Gasteiger partial charge in [0.1, 0.15) is 5.75 Å². The number of anilines is 2. The largest absolute Gasteiger partial charge is 0.493 e. The van der Waals surface area contributed by atoms with E-state index < -0.39 is 11.3 Å². The van der Waals surface area contributed by atoms with E-state index in [9.17, 15) is 14.4 Å². The number of methoxy groups -OCH3 is 1. The lowest BCUT2D eigenvalue weighted by atomic mass is 9.79. The minimum Gasteiger partial charge on any atom is -0.493 e. The fourth-order valence-electron chi connectivity index (χ4n) is 6.81. The van der Waals surface area contributed by atoms with Gasteiger partial charge in [0, 0.05) is 41.5 Å². The van der Waals surface area contributed by atoms with Crippen LogP contribution in [0.2, 0.25) is 0 Å². The first-order chi connectivity index (χ1) is 26.1. The van der Waals surface area contributed by atoms with Crippen LogP contribution >= 0.6 is 0 Å². The molecule has 5 aromatic rings. The molecule has 3 N–H and O–H groups in total. The zero-order chi connectivity index (χ0) is 38.0. The number of aromatic nitrogens is 3. The number of nitrogens with zero attached hydrogens (tertiary/aromatic N) is 6. The van der Waals surface area contributed by atoms with E-state index in [0.29, 0.717) is 64.5 Å². The smallest absolute Gasteiger partial charge is 0.316 e. The maximum absolute atomic E-state index is 12.8. The number of benzene rings is 4. The molecule has 0 saturated carbocycles. The van der Waals surface area contributed by atoms with Crippen molar-refractivity contribution in [3.8, 4) is 28.6 Å². The van der Waals surface area contributed by atoms with E-state index in [1.165, 1.54) is 4.79 Å². The minimum atomic E-state index is -1.81. The molecule has 2 aliphatic heterocycles. The molecule has 0 bridgehead atoms. The van der Waals surface area contributed by atoms with Crippen LogP contribution in [0.4, 0.5) is 17.1 Å². The lowest BCUT2D eigenvalue weighted by molar-refractivity contribution is 0.226. The molecule has 0 radical (unpaired) electrons. The van der Waals surface area contributed by atoms with Gasteiger partial charge in [-0.25, -0.2) is 9.98 Å². The van der Waals surface area contributed by atoms with Crippen LogP contribution in [0.25, 0.3) is 11.4 Å². The van der Waals surface area contributed by atoms with Gasteiger partial charge in [0.15, 0.2) is 23.0 Å². The Morgan fingerprint density at radius 1 is 0.981 bits per heavy atom. The Morgan fingerprint density at radius 3 is 2.50 bits per heavy atom. The number of nitrogens with one attached hydrogen (secondary N) is 1. The summed E-state index contributed by atoms with van der Waals surface area (Å²) in [6, 6.07) is 26.1. The fourth-order valence-corrected chi connectivity index (χ4v) is 7.52. The van der Waals surface area contributed by atoms with Gasteiger partial charge >= 0.3 is 11.3 Å². The van der Waals surface area contributed by atoms with E-state index in [1.807, 2.05) is 74.5 Å². The van der Waals surface area contributed by atoms with Gasteiger partial charge in [0.25, 0.3) is 5.90 Å². The van der Waals surface area contributed by atoms with Gasteiger partial charge in [0.05, 0.1) is 19.4 Å². The van der Waals surface area contributed by atoms with Crippen molar-refractivity contribution in [2.24, 2.45) is 10.1 Å². The molecule has 0 amide bonds. The number of rotatable bonds is 12. The van der Waals surface area contributed by atoms with Crippen molar-refractivity contribution < 1.29 is 28.1 Å². The lowest BCUT2D eigenvalue weighted by Crippen LogP contribution is -2.49. The zero-order valence-corrected chi connectivity index (χ0v) is 31.6. The summed E-state index contributed by atoms with van der Waals surface area (Å²) in [5.74, 6) is 2.41. The van der Waals surface area contributed by atoms with Gasteiger partial charge in [-0.15, -0.1) is 15.0 Å². The number of ether oxygens (including phenoxy) is 2. The van der Waals surface area contributed by atoms with Gasteiger partial charge in [-0.2, -0.15) is 4.21 Å². The van der Waals surface area contributed by atoms with Crippen LogP contribution in [0.1, 0.15) is 55.1 Å². The maximum atomic E-state index is 12.8. The van der Waals surface area contributed by atoms with E-state index in [-0.39, 0.29) is 30.6 Å². The first-order valence-corrected chi connectivity index (χ1v) is 18.8. The van der Waals surface area contributed by atoms with Crippen LogP contribution in [0.3, 0.4) is 0 Å². The first kappa shape index (κ1) is 36.8. The van der Waals surface area contributed by atoms with Crippen molar-refractivity contribution in [2.75, 3.05) is 36.5 Å². The van der Waals surface area contributed by atoms with Crippen LogP contribution in [0.5, 0.6) is 17.2 Å². The average Bonchev–Trinajstić information content (AvgIpc) is 3.71. The van der Waals surface area contributed by atoms with Crippen LogP contribution in [0.15, 0.2) is 95.0 Å². The van der Waals surface area contributed by atoms with Gasteiger partial charge in [-0.1, -0.05) is 24.3 Å². The molecule has 54 heavy (non-hydrogen) atoms. The molecule has 1 aromatic heterocycles. The van der Waals surface area contributed by atoms with Gasteiger partial charge < -0.3 is 28.8 Å². The molecular weight excluding hydrogens is 707 g/mol. The summed E-state index contributed by atoms with van der Waals surface area (Å²) in [4.78, 5) is 13.6. The molecule has 2 aliphatic rings. The Morgan fingerprint density at radius 2 is 1.76 bits per heavy atom. The second-order valence-electron chi connectivity index (χ2n) is 13.9. The zero-order valence-electron chi connectivity index (χ0n) is 30.8. The number of aliphatic imine (C=N–C) groups is 1. The molecule has 4 aromatic carbocycles. The average molecular weight is 750 g/mol. The van der Waals surface area contributed by atoms with E-state index >= 15 is 0 Å². The van der Waals surface area contributed by atoms with Crippen LogP contribution < -0.4 is 23.3 Å². The normalized spacial score (nSPS) is 17.1. The first-order valence-electron chi connectivity index (χ1n) is 17.7. The van der Waals surface area contributed by atoms with E-state index in [2.05, 4.69) is 33.7 Å². The number of fused-ring (bicyclic) bond motifs is 2. The van der Waals surface area contributed by atoms with Crippen molar-refractivity contribution >= 4 is 39.9 Å². The van der Waals surface area contributed by atoms with Crippen molar-refractivity contribution in [1.29, 1.82) is 0 Å². The van der Waals surface area contributed by atoms with Crippen LogP contribution in [-0.2, 0) is 11.3 Å². The highest BCUT2D eigenvalue weighted by molar-refractivity contribution is 7.82. The molecule has 0 fully saturated rings. The number of aliphatic hydroxyl groups excluding tert-OH is 2. The minimum absolute atomic E-state index is 0.00472. The Labute approximate surface area is 316 Å². The van der Waals surface area contributed by atoms with Crippen LogP contribution in [0, 0.1) is 13.8 Å². The highest BCUT2D eigenvalue weighted by Crippen LogP contribution is 2.45. The topological polar surface area (TPSA) is 156 Å². The predicted octanol–water partition coefficient (Wildman–Crippen LogP) is 6.46. The maximum Gasteiger partial charge on any atom is 0.316 e. The van der Waals surface area contributed by atoms with Crippen molar-refractivity contribution in [3.63, 3.8) is 0 Å². The molecule has 3 heterocycles. The standard InChI is InChI=1S/C40H43N7O6S/c1-25-11-12-26(2)35(21-25)53-54(50)45-29-15-13-27(14-16-29)37-42-38-36(39(44-47(38)43-37)52-34-10-7-6-9-33(34)51-5)41-30-17-18-32-31(22-30)28(24-49)23-40(3,4)46(32)19-8-20-48/h6-7,9-18,21-22,28,45,48-49H,8,19-20,23-24H2,1-5H3. The highest BCUT2D eigenvalue weighted by Gasteiger charge is 2.38. The molecule has 14 heteroatoms. The number of aliphatic hydroxyl groups is 2. The molecule has 0 aliphatic carbocycles. The summed E-state index contributed by atoms with van der Waals surface area (Å²) in [6.45, 7) is 8.96. The highest BCUT2D eigenvalue weighted by atomic mass is 32.2. The Bertz CT molecular complexity index is 2250. The fraction of sp³-hybridized carbons (Fsp3) is 0.300. The van der Waals surface area contributed by atoms with Crippen LogP contribution in [-0.4, -0.2) is 73.3 Å². The molecule has 2 atom stereocenters. The van der Waals surface area contributed by atoms with Gasteiger partial charge in [-0.3, -0.25) is 4.72 Å². The number of hydrogen-bond donors (Lipinski definition) is 3. The molecule has 0 saturated heterocycles. The SMILES string of the molecule is COc1ccccc1OC1=Nn2nc(-c3ccc(NS(=O)Oc4cc(C)ccc4C)cc3)nc2C1=Nc1ccc2c(c1)C(CO)CC(C)(C)N2CCCO. The summed E-state index contributed by atoms with van der Waals surface area (Å²) < 4.78 is 33.1. The number of para-hydroxylation sites is 2. The Balaban J connectivity index is 1.20. The second kappa shape index (κ2) is 15.4. The number of hydrogen-bond acceptors (Lipinski definition) is 11. The quantitative estimate of drug-likeness (QED) is 0.130. The monoisotopic (exact) mass is 749 g/mol. The third-order valence-electron chi connectivity index (χ3n) is 9.54. The van der Waals surface area contributed by atoms with E-state index in [4.69, 9.17) is 23.6 Å². The molecule has 0 spiro atoms. The van der Waals surface area contributed by atoms with Crippen molar-refractivity contribution in [1.82, 2.24) is 14.9 Å². The number of aryl methyl sites for hydroxylation is 2.